The predicted molar refractivity (Wildman–Crippen MR) is 98.3 cm³/mol. The average Bonchev–Trinajstić information content (AvgIpc) is 2.51. The molecule has 126 valence electrons. The number of nitrogens with one attached hydrogen (secondary N) is 2. The smallest absolute Gasteiger partial charge is 0.293 e. The van der Waals surface area contributed by atoms with Gasteiger partial charge in [0.1, 0.15) is 5.69 Å². The van der Waals surface area contributed by atoms with Crippen molar-refractivity contribution in [1.29, 1.82) is 0 Å². The van der Waals surface area contributed by atoms with Gasteiger partial charge in [0.25, 0.3) is 5.69 Å². The van der Waals surface area contributed by atoms with Crippen molar-refractivity contribution in [2.45, 2.75) is 26.2 Å². The lowest BCUT2D eigenvalue weighted by Gasteiger charge is -2.12. The number of nitrogens with zero attached hydrogens (tertiary/aromatic N) is 3. The maximum Gasteiger partial charge on any atom is 0.293 e. The Kier molecular flexibility index (Phi) is 7.96. The van der Waals surface area contributed by atoms with E-state index in [0.717, 1.165) is 25.8 Å². The molecule has 23 heavy (non-hydrogen) atoms. The van der Waals surface area contributed by atoms with Gasteiger partial charge in [-0.15, -0.1) is 0 Å². The second-order valence-corrected chi connectivity index (χ2v) is 5.64. The zero-order valence-corrected chi connectivity index (χ0v) is 14.5. The highest BCUT2D eigenvalue weighted by Crippen LogP contribution is 2.26. The fraction of sp³-hybridized carbons (Fsp3) is 0.467. The van der Waals surface area contributed by atoms with Crippen molar-refractivity contribution in [3.63, 3.8) is 0 Å². The average molecular weight is 337 g/mol. The van der Waals surface area contributed by atoms with Crippen LogP contribution in [0.15, 0.2) is 23.3 Å². The van der Waals surface area contributed by atoms with Gasteiger partial charge in [-0.25, -0.2) is 0 Å². The van der Waals surface area contributed by atoms with Gasteiger partial charge in [-0.2, -0.15) is 5.10 Å². The van der Waals surface area contributed by atoms with Gasteiger partial charge in [0.2, 0.25) is 0 Å². The number of nitro benzene ring substituents is 1. The Morgan fingerprint density at radius 2 is 2.17 bits per heavy atom. The maximum atomic E-state index is 11.1. The Morgan fingerprint density at radius 1 is 1.43 bits per heavy atom. The van der Waals surface area contributed by atoms with Crippen LogP contribution in [-0.2, 0) is 0 Å². The van der Waals surface area contributed by atoms with Gasteiger partial charge >= 0.3 is 0 Å². The van der Waals surface area contributed by atoms with Crippen molar-refractivity contribution < 1.29 is 4.92 Å². The van der Waals surface area contributed by atoms with Gasteiger partial charge < -0.3 is 10.2 Å². The molecule has 7 nitrogen and oxygen atoms in total. The molecule has 1 aromatic rings. The second kappa shape index (κ2) is 9.73. The lowest BCUT2D eigenvalue weighted by atomic mass is 10.2. The Bertz CT molecular complexity index is 575. The minimum Gasteiger partial charge on any atom is -0.372 e. The van der Waals surface area contributed by atoms with Crippen molar-refractivity contribution in [1.82, 2.24) is 10.7 Å². The molecule has 0 aliphatic carbocycles. The van der Waals surface area contributed by atoms with E-state index in [4.69, 9.17) is 12.2 Å². The molecule has 0 amide bonds. The van der Waals surface area contributed by atoms with Crippen LogP contribution < -0.4 is 15.6 Å². The van der Waals surface area contributed by atoms with Crippen molar-refractivity contribution in [3.05, 3.63) is 33.9 Å². The van der Waals surface area contributed by atoms with Crippen molar-refractivity contribution in [3.8, 4) is 0 Å². The quantitative estimate of drug-likeness (QED) is 0.249. The lowest BCUT2D eigenvalue weighted by molar-refractivity contribution is -0.384. The summed E-state index contributed by atoms with van der Waals surface area (Å²) < 4.78 is 0. The van der Waals surface area contributed by atoms with Gasteiger partial charge in [0.05, 0.1) is 11.1 Å². The van der Waals surface area contributed by atoms with Crippen molar-refractivity contribution >= 4 is 34.9 Å². The Balaban J connectivity index is 2.61. The first kappa shape index (κ1) is 18.8. The number of hydrogen-bond acceptors (Lipinski definition) is 5. The van der Waals surface area contributed by atoms with Gasteiger partial charge in [-0.3, -0.25) is 15.5 Å². The molecule has 0 aliphatic heterocycles. The molecule has 0 atom stereocenters. The zero-order valence-electron chi connectivity index (χ0n) is 13.7. The van der Waals surface area contributed by atoms with Crippen LogP contribution in [0.25, 0.3) is 0 Å². The van der Waals surface area contributed by atoms with E-state index in [1.165, 1.54) is 12.3 Å². The first-order valence-electron chi connectivity index (χ1n) is 7.48. The number of thiocarbonyl (C=S) groups is 1. The third kappa shape index (κ3) is 6.60. The fourth-order valence-electron chi connectivity index (χ4n) is 1.93. The molecular formula is C15H23N5O2S. The Morgan fingerprint density at radius 3 is 2.78 bits per heavy atom. The molecule has 0 heterocycles. The number of unbranched alkanes of at least 4 members (excludes halogenated alkanes) is 2. The maximum absolute atomic E-state index is 11.1. The lowest BCUT2D eigenvalue weighted by Crippen LogP contribution is -2.32. The number of benzene rings is 1. The molecular weight excluding hydrogens is 314 g/mol. The Hall–Kier alpha value is -2.22. The minimum atomic E-state index is -0.403. The van der Waals surface area contributed by atoms with Gasteiger partial charge in [-0.1, -0.05) is 25.8 Å². The molecule has 1 rings (SSSR count). The summed E-state index contributed by atoms with van der Waals surface area (Å²) in [5, 5.41) is 18.6. The van der Waals surface area contributed by atoms with Crippen molar-refractivity contribution in [2.24, 2.45) is 5.10 Å². The highest BCUT2D eigenvalue weighted by molar-refractivity contribution is 7.80. The normalized spacial score (nSPS) is 10.6. The minimum absolute atomic E-state index is 0.0409. The summed E-state index contributed by atoms with van der Waals surface area (Å²) in [4.78, 5) is 12.4. The Labute approximate surface area is 141 Å². The molecule has 8 heteroatoms. The van der Waals surface area contributed by atoms with Crippen LogP contribution in [0.2, 0.25) is 0 Å². The highest BCUT2D eigenvalue weighted by Gasteiger charge is 2.15. The highest BCUT2D eigenvalue weighted by atomic mass is 32.1. The monoisotopic (exact) mass is 337 g/mol. The third-order valence-corrected chi connectivity index (χ3v) is 3.36. The van der Waals surface area contributed by atoms with Crippen LogP contribution in [-0.4, -0.2) is 36.9 Å². The first-order chi connectivity index (χ1) is 11.0. The summed E-state index contributed by atoms with van der Waals surface area (Å²) in [5.41, 5.74) is 3.92. The number of rotatable bonds is 8. The summed E-state index contributed by atoms with van der Waals surface area (Å²) in [6.45, 7) is 2.94. The number of hydrogen-bond donors (Lipinski definition) is 2. The van der Waals surface area contributed by atoms with E-state index in [2.05, 4.69) is 22.8 Å². The van der Waals surface area contributed by atoms with Crippen LogP contribution in [0, 0.1) is 10.1 Å². The molecule has 0 bridgehead atoms. The topological polar surface area (TPSA) is 82.8 Å². The molecule has 0 saturated carbocycles. The molecule has 1 aromatic carbocycles. The standard InChI is InChI=1S/C15H23N5O2S/c1-4-5-6-9-16-15(23)18-17-11-12-7-8-13(19(2)3)14(10-12)20(21)22/h7-8,10-11H,4-6,9H2,1-3H3,(H2,16,18,23)/b17-11-. The second-order valence-electron chi connectivity index (χ2n) is 5.23. The molecule has 0 radical (unpaired) electrons. The van der Waals surface area contributed by atoms with Crippen LogP contribution in [0.1, 0.15) is 31.7 Å². The van der Waals surface area contributed by atoms with E-state index in [1.54, 1.807) is 31.1 Å². The van der Waals surface area contributed by atoms with Gasteiger partial charge in [-0.05, 0) is 24.7 Å². The summed E-state index contributed by atoms with van der Waals surface area (Å²) in [5.74, 6) is 0. The molecule has 0 unspecified atom stereocenters. The van der Waals surface area contributed by atoms with E-state index >= 15 is 0 Å². The van der Waals surface area contributed by atoms with E-state index < -0.39 is 4.92 Å². The molecule has 0 fully saturated rings. The predicted octanol–water partition coefficient (Wildman–Crippen LogP) is 2.65. The summed E-state index contributed by atoms with van der Waals surface area (Å²) in [6.07, 6.45) is 4.87. The van der Waals surface area contributed by atoms with Crippen LogP contribution >= 0.6 is 12.2 Å². The summed E-state index contributed by atoms with van der Waals surface area (Å²) >= 11 is 5.09. The molecule has 2 N–H and O–H groups in total. The van der Waals surface area contributed by atoms with E-state index in [1.807, 2.05) is 0 Å². The van der Waals surface area contributed by atoms with E-state index in [9.17, 15) is 10.1 Å². The van der Waals surface area contributed by atoms with E-state index in [-0.39, 0.29) is 5.69 Å². The van der Waals surface area contributed by atoms with Crippen LogP contribution in [0.5, 0.6) is 0 Å². The molecule has 0 saturated heterocycles. The number of hydrazone groups is 1. The summed E-state index contributed by atoms with van der Waals surface area (Å²) in [7, 11) is 3.53. The third-order valence-electron chi connectivity index (χ3n) is 3.12. The van der Waals surface area contributed by atoms with Crippen LogP contribution in [0.3, 0.4) is 0 Å². The molecule has 0 aliphatic rings. The largest absolute Gasteiger partial charge is 0.372 e. The first-order valence-corrected chi connectivity index (χ1v) is 7.89. The molecule has 0 aromatic heterocycles. The SMILES string of the molecule is CCCCCNC(=S)N/N=C\c1ccc(N(C)C)c([N+](=O)[O-])c1. The van der Waals surface area contributed by atoms with Crippen LogP contribution in [0.4, 0.5) is 11.4 Å². The summed E-state index contributed by atoms with van der Waals surface area (Å²) in [6, 6.07) is 4.95. The zero-order chi connectivity index (χ0) is 17.2. The number of nitro groups is 1. The van der Waals surface area contributed by atoms with Gasteiger partial charge in [0.15, 0.2) is 5.11 Å². The number of anilines is 1. The fourth-order valence-corrected chi connectivity index (χ4v) is 2.08. The van der Waals surface area contributed by atoms with E-state index in [0.29, 0.717) is 16.4 Å². The van der Waals surface area contributed by atoms with Crippen molar-refractivity contribution in [2.75, 3.05) is 25.5 Å². The molecule has 0 spiro atoms. The van der Waals surface area contributed by atoms with Gasteiger partial charge in [0, 0.05) is 32.3 Å².